The molecule has 84 valence electrons. The van der Waals surface area contributed by atoms with Gasteiger partial charge in [0, 0.05) is 5.54 Å². The first-order valence-electron chi connectivity index (χ1n) is 4.49. The van der Waals surface area contributed by atoms with Gasteiger partial charge >= 0.3 is 0 Å². The maximum atomic E-state index is 11.1. The molecular formula is C8H17NO4S. The van der Waals surface area contributed by atoms with Gasteiger partial charge in [-0.05, 0) is 13.8 Å². The lowest BCUT2D eigenvalue weighted by molar-refractivity contribution is -0.0227. The van der Waals surface area contributed by atoms with Crippen LogP contribution in [0.2, 0.25) is 0 Å². The van der Waals surface area contributed by atoms with Crippen LogP contribution in [-0.2, 0) is 14.6 Å². The third-order valence-corrected chi connectivity index (χ3v) is 3.63. The number of aliphatic hydroxyl groups excluding tert-OH is 1. The van der Waals surface area contributed by atoms with Crippen molar-refractivity contribution < 1.29 is 18.3 Å². The molecule has 0 aliphatic carbocycles. The van der Waals surface area contributed by atoms with Crippen molar-refractivity contribution in [3.05, 3.63) is 0 Å². The first-order chi connectivity index (χ1) is 6.20. The third-order valence-electron chi connectivity index (χ3n) is 1.94. The van der Waals surface area contributed by atoms with Crippen LogP contribution in [0.15, 0.2) is 0 Å². The van der Waals surface area contributed by atoms with E-state index in [1.54, 1.807) is 13.8 Å². The summed E-state index contributed by atoms with van der Waals surface area (Å²) < 4.78 is 27.5. The summed E-state index contributed by atoms with van der Waals surface area (Å²) in [6, 6.07) is 0. The molecule has 0 bridgehead atoms. The van der Waals surface area contributed by atoms with Gasteiger partial charge in [-0.15, -0.1) is 0 Å². The summed E-state index contributed by atoms with van der Waals surface area (Å²) in [4.78, 5) is 0. The van der Waals surface area contributed by atoms with E-state index < -0.39 is 27.6 Å². The monoisotopic (exact) mass is 223 g/mol. The first kappa shape index (κ1) is 11.9. The number of nitrogens with two attached hydrogens (primary N) is 1. The Hall–Kier alpha value is -0.170. The van der Waals surface area contributed by atoms with E-state index in [0.29, 0.717) is 0 Å². The Bertz CT molecular complexity index is 293. The van der Waals surface area contributed by atoms with Crippen molar-refractivity contribution in [2.45, 2.75) is 31.6 Å². The minimum absolute atomic E-state index is 0.107. The van der Waals surface area contributed by atoms with Gasteiger partial charge < -0.3 is 15.6 Å². The molecule has 2 unspecified atom stereocenters. The van der Waals surface area contributed by atoms with Gasteiger partial charge in [0.2, 0.25) is 0 Å². The molecular weight excluding hydrogens is 206 g/mol. The van der Waals surface area contributed by atoms with Gasteiger partial charge in [-0.1, -0.05) is 0 Å². The predicted octanol–water partition coefficient (Wildman–Crippen LogP) is -1.10. The van der Waals surface area contributed by atoms with E-state index in [2.05, 4.69) is 0 Å². The van der Waals surface area contributed by atoms with Crippen LogP contribution in [-0.4, -0.2) is 49.4 Å². The standard InChI is InChI=1S/C8H17NO4S/c1-8(2,9)5-13-7-4-14(11,12)3-6(7)10/h6-7,10H,3-5,9H2,1-2H3. The molecule has 1 heterocycles. The Labute approximate surface area is 84.2 Å². The van der Waals surface area contributed by atoms with Gasteiger partial charge in [0.05, 0.1) is 30.3 Å². The molecule has 0 aromatic rings. The number of rotatable bonds is 3. The van der Waals surface area contributed by atoms with Crippen molar-refractivity contribution in [3.63, 3.8) is 0 Å². The van der Waals surface area contributed by atoms with Crippen LogP contribution in [0.5, 0.6) is 0 Å². The van der Waals surface area contributed by atoms with E-state index in [9.17, 15) is 13.5 Å². The number of ether oxygens (including phenoxy) is 1. The minimum atomic E-state index is -3.13. The zero-order chi connectivity index (χ0) is 11.0. The molecule has 14 heavy (non-hydrogen) atoms. The highest BCUT2D eigenvalue weighted by molar-refractivity contribution is 7.91. The van der Waals surface area contributed by atoms with E-state index in [-0.39, 0.29) is 18.1 Å². The maximum Gasteiger partial charge on any atom is 0.155 e. The maximum absolute atomic E-state index is 11.1. The van der Waals surface area contributed by atoms with Crippen LogP contribution in [0.3, 0.4) is 0 Å². The molecule has 0 spiro atoms. The highest BCUT2D eigenvalue weighted by Gasteiger charge is 2.37. The average Bonchev–Trinajstić information content (AvgIpc) is 2.19. The molecule has 1 aliphatic heterocycles. The molecule has 0 aromatic carbocycles. The molecule has 0 saturated carbocycles. The highest BCUT2D eigenvalue weighted by atomic mass is 32.2. The fourth-order valence-electron chi connectivity index (χ4n) is 1.28. The minimum Gasteiger partial charge on any atom is -0.389 e. The summed E-state index contributed by atoms with van der Waals surface area (Å²) in [5.41, 5.74) is 5.16. The Morgan fingerprint density at radius 3 is 2.43 bits per heavy atom. The van der Waals surface area contributed by atoms with Crippen LogP contribution in [0.25, 0.3) is 0 Å². The fraction of sp³-hybridized carbons (Fsp3) is 1.00. The molecule has 1 fully saturated rings. The van der Waals surface area contributed by atoms with Crippen LogP contribution < -0.4 is 5.73 Å². The highest BCUT2D eigenvalue weighted by Crippen LogP contribution is 2.16. The molecule has 0 radical (unpaired) electrons. The second-order valence-corrected chi connectivity index (χ2v) is 6.64. The molecule has 6 heteroatoms. The number of sulfone groups is 1. The van der Waals surface area contributed by atoms with Gasteiger partial charge in [-0.3, -0.25) is 0 Å². The summed E-state index contributed by atoms with van der Waals surface area (Å²) in [6.45, 7) is 3.80. The van der Waals surface area contributed by atoms with Crippen molar-refractivity contribution in [2.75, 3.05) is 18.1 Å². The van der Waals surface area contributed by atoms with Gasteiger partial charge in [0.25, 0.3) is 0 Å². The van der Waals surface area contributed by atoms with E-state index in [1.165, 1.54) is 0 Å². The van der Waals surface area contributed by atoms with Gasteiger partial charge in [0.15, 0.2) is 9.84 Å². The van der Waals surface area contributed by atoms with Crippen molar-refractivity contribution in [1.29, 1.82) is 0 Å². The topological polar surface area (TPSA) is 89.6 Å². The van der Waals surface area contributed by atoms with Crippen LogP contribution >= 0.6 is 0 Å². The molecule has 3 N–H and O–H groups in total. The first-order valence-corrected chi connectivity index (χ1v) is 6.31. The normalized spacial score (nSPS) is 32.0. The largest absolute Gasteiger partial charge is 0.389 e. The van der Waals surface area contributed by atoms with Crippen molar-refractivity contribution >= 4 is 9.84 Å². The Morgan fingerprint density at radius 1 is 1.50 bits per heavy atom. The second-order valence-electron chi connectivity index (χ2n) is 4.48. The van der Waals surface area contributed by atoms with Crippen LogP contribution in [0.1, 0.15) is 13.8 Å². The molecule has 0 aromatic heterocycles. The zero-order valence-electron chi connectivity index (χ0n) is 8.43. The Balaban J connectivity index is 2.48. The summed E-state index contributed by atoms with van der Waals surface area (Å²) in [5, 5.41) is 9.38. The SMILES string of the molecule is CC(C)(N)COC1CS(=O)(=O)CC1O. The summed E-state index contributed by atoms with van der Waals surface area (Å²) >= 11 is 0. The lowest BCUT2D eigenvalue weighted by atomic mass is 10.1. The molecule has 1 aliphatic rings. The number of hydrogen-bond donors (Lipinski definition) is 2. The fourth-order valence-corrected chi connectivity index (χ4v) is 2.97. The molecule has 1 rings (SSSR count). The van der Waals surface area contributed by atoms with Crippen molar-refractivity contribution in [1.82, 2.24) is 0 Å². The van der Waals surface area contributed by atoms with E-state index in [1.807, 2.05) is 0 Å². The summed E-state index contributed by atoms with van der Waals surface area (Å²) in [6.07, 6.45) is -1.54. The van der Waals surface area contributed by atoms with Crippen LogP contribution in [0, 0.1) is 0 Å². The van der Waals surface area contributed by atoms with E-state index in [4.69, 9.17) is 10.5 Å². The lowest BCUT2D eigenvalue weighted by Crippen LogP contribution is -2.41. The third kappa shape index (κ3) is 3.53. The van der Waals surface area contributed by atoms with E-state index >= 15 is 0 Å². The lowest BCUT2D eigenvalue weighted by Gasteiger charge is -2.22. The predicted molar refractivity (Wildman–Crippen MR) is 52.7 cm³/mol. The average molecular weight is 223 g/mol. The molecule has 5 nitrogen and oxygen atoms in total. The molecule has 1 saturated heterocycles. The van der Waals surface area contributed by atoms with Crippen molar-refractivity contribution in [2.24, 2.45) is 5.73 Å². The quantitative estimate of drug-likeness (QED) is 0.634. The Morgan fingerprint density at radius 2 is 2.07 bits per heavy atom. The molecule has 0 amide bonds. The zero-order valence-corrected chi connectivity index (χ0v) is 9.25. The number of aliphatic hydroxyl groups is 1. The van der Waals surface area contributed by atoms with Gasteiger partial charge in [0.1, 0.15) is 0 Å². The second kappa shape index (κ2) is 3.77. The van der Waals surface area contributed by atoms with Crippen molar-refractivity contribution in [3.8, 4) is 0 Å². The summed E-state index contributed by atoms with van der Waals surface area (Å²) in [5.74, 6) is -0.313. The van der Waals surface area contributed by atoms with Crippen LogP contribution in [0.4, 0.5) is 0 Å². The van der Waals surface area contributed by atoms with E-state index in [0.717, 1.165) is 0 Å². The Kier molecular flexibility index (Phi) is 3.20. The smallest absolute Gasteiger partial charge is 0.155 e. The van der Waals surface area contributed by atoms with Gasteiger partial charge in [-0.2, -0.15) is 0 Å². The summed E-state index contributed by atoms with van der Waals surface area (Å²) in [7, 11) is -3.13. The molecule has 2 atom stereocenters. The van der Waals surface area contributed by atoms with Gasteiger partial charge in [-0.25, -0.2) is 8.42 Å². The number of hydrogen-bond acceptors (Lipinski definition) is 5.